The molecule has 5 nitrogen and oxygen atoms in total. The van der Waals surface area contributed by atoms with E-state index in [4.69, 9.17) is 0 Å². The van der Waals surface area contributed by atoms with Gasteiger partial charge >= 0.3 is 0 Å². The highest BCUT2D eigenvalue weighted by molar-refractivity contribution is 9.10. The van der Waals surface area contributed by atoms with Gasteiger partial charge in [0.1, 0.15) is 0 Å². The Morgan fingerprint density at radius 2 is 2.08 bits per heavy atom. The minimum absolute atomic E-state index is 0. The van der Waals surface area contributed by atoms with Crippen LogP contribution in [0.5, 0.6) is 0 Å². The van der Waals surface area contributed by atoms with E-state index < -0.39 is 0 Å². The lowest BCUT2D eigenvalue weighted by atomic mass is 9.90. The smallest absolute Gasteiger partial charge is 0.225 e. The van der Waals surface area contributed by atoms with E-state index in [2.05, 4.69) is 31.7 Å². The summed E-state index contributed by atoms with van der Waals surface area (Å²) in [7, 11) is 1.90. The van der Waals surface area contributed by atoms with Crippen LogP contribution in [0, 0.1) is 5.92 Å². The molecule has 7 heteroatoms. The summed E-state index contributed by atoms with van der Waals surface area (Å²) >= 11 is 3.43. The average Bonchev–Trinajstić information content (AvgIpc) is 3.16. The number of nitrogens with zero attached hydrogens (tertiary/aromatic N) is 2. The highest BCUT2D eigenvalue weighted by Crippen LogP contribution is 2.28. The van der Waals surface area contributed by atoms with Crippen molar-refractivity contribution in [2.75, 3.05) is 13.1 Å². The van der Waals surface area contributed by atoms with Gasteiger partial charge < -0.3 is 10.6 Å². The van der Waals surface area contributed by atoms with Gasteiger partial charge in [-0.1, -0.05) is 28.1 Å². The zero-order chi connectivity index (χ0) is 16.4. The van der Waals surface area contributed by atoms with Crippen LogP contribution in [0.15, 0.2) is 41.1 Å². The number of benzene rings is 1. The molecule has 1 saturated heterocycles. The minimum atomic E-state index is -0.0582. The number of hydrogen-bond donors (Lipinski definition) is 2. The third-order valence-corrected chi connectivity index (χ3v) is 4.96. The van der Waals surface area contributed by atoms with Crippen LogP contribution in [0.4, 0.5) is 0 Å². The van der Waals surface area contributed by atoms with Crippen molar-refractivity contribution in [2.24, 2.45) is 13.0 Å². The van der Waals surface area contributed by atoms with Gasteiger partial charge in [-0.25, -0.2) is 0 Å². The number of rotatable bonds is 4. The summed E-state index contributed by atoms with van der Waals surface area (Å²) in [5, 5.41) is 10.7. The number of amides is 1. The lowest BCUT2D eigenvalue weighted by Crippen LogP contribution is -2.35. The molecule has 1 amide bonds. The summed E-state index contributed by atoms with van der Waals surface area (Å²) in [6.07, 6.45) is 3.85. The number of aryl methyl sites for hydroxylation is 1. The maximum atomic E-state index is 12.7. The quantitative estimate of drug-likeness (QED) is 0.810. The average molecular weight is 414 g/mol. The molecule has 1 aliphatic heterocycles. The largest absolute Gasteiger partial charge is 0.349 e. The molecular weight excluding hydrogens is 392 g/mol. The van der Waals surface area contributed by atoms with Crippen LogP contribution in [0.1, 0.15) is 30.0 Å². The first kappa shape index (κ1) is 19.0. The van der Waals surface area contributed by atoms with Crippen molar-refractivity contribution in [3.05, 3.63) is 52.3 Å². The van der Waals surface area contributed by atoms with Crippen molar-refractivity contribution in [1.29, 1.82) is 0 Å². The van der Waals surface area contributed by atoms with E-state index in [1.165, 1.54) is 0 Å². The summed E-state index contributed by atoms with van der Waals surface area (Å²) in [4.78, 5) is 12.7. The molecule has 1 aromatic carbocycles. The summed E-state index contributed by atoms with van der Waals surface area (Å²) in [6, 6.07) is 8.04. The molecule has 0 saturated carbocycles. The predicted molar refractivity (Wildman–Crippen MR) is 100 cm³/mol. The van der Waals surface area contributed by atoms with Crippen molar-refractivity contribution in [1.82, 2.24) is 20.4 Å². The molecule has 2 aromatic rings. The highest BCUT2D eigenvalue weighted by Gasteiger charge is 2.35. The Bertz CT molecular complexity index is 688. The molecule has 0 aliphatic carbocycles. The highest BCUT2D eigenvalue weighted by atomic mass is 79.9. The maximum Gasteiger partial charge on any atom is 0.225 e. The van der Waals surface area contributed by atoms with Crippen LogP contribution in [0.2, 0.25) is 0 Å². The van der Waals surface area contributed by atoms with Crippen LogP contribution in [-0.2, 0) is 11.8 Å². The number of carbonyl (C=O) groups is 1. The van der Waals surface area contributed by atoms with Crippen molar-refractivity contribution in [3.8, 4) is 0 Å². The number of halogens is 2. The van der Waals surface area contributed by atoms with E-state index in [0.29, 0.717) is 6.54 Å². The fraction of sp³-hybridized carbons (Fsp3) is 0.412. The van der Waals surface area contributed by atoms with Crippen LogP contribution in [0.25, 0.3) is 0 Å². The Morgan fingerprint density at radius 3 is 2.71 bits per heavy atom. The molecular formula is C17H22BrClN4O. The molecule has 0 spiro atoms. The van der Waals surface area contributed by atoms with Gasteiger partial charge in [-0.3, -0.25) is 9.48 Å². The molecule has 2 N–H and O–H groups in total. The van der Waals surface area contributed by atoms with Gasteiger partial charge in [0.2, 0.25) is 5.91 Å². The monoisotopic (exact) mass is 412 g/mol. The second kappa shape index (κ2) is 8.14. The zero-order valence-electron chi connectivity index (χ0n) is 13.7. The van der Waals surface area contributed by atoms with E-state index in [1.54, 1.807) is 4.68 Å². The fourth-order valence-corrected chi connectivity index (χ4v) is 3.36. The van der Waals surface area contributed by atoms with Crippen molar-refractivity contribution >= 4 is 34.2 Å². The van der Waals surface area contributed by atoms with Crippen LogP contribution in [0.3, 0.4) is 0 Å². The molecule has 0 bridgehead atoms. The fourth-order valence-electron chi connectivity index (χ4n) is 3.09. The van der Waals surface area contributed by atoms with Crippen LogP contribution < -0.4 is 10.6 Å². The Balaban J connectivity index is 0.00000208. The number of aromatic nitrogens is 2. The first-order chi connectivity index (χ1) is 11.0. The number of nitrogens with one attached hydrogen (secondary N) is 2. The molecule has 0 radical (unpaired) electrons. The van der Waals surface area contributed by atoms with Crippen molar-refractivity contribution < 1.29 is 4.79 Å². The maximum absolute atomic E-state index is 12.7. The topological polar surface area (TPSA) is 59.0 Å². The van der Waals surface area contributed by atoms with Gasteiger partial charge in [-0.05, 0) is 30.2 Å². The van der Waals surface area contributed by atoms with E-state index in [9.17, 15) is 4.79 Å². The molecule has 2 heterocycles. The Morgan fingerprint density at radius 1 is 1.38 bits per heavy atom. The molecule has 3 atom stereocenters. The van der Waals surface area contributed by atoms with E-state index in [1.807, 2.05) is 50.6 Å². The summed E-state index contributed by atoms with van der Waals surface area (Å²) in [5.74, 6) is 0.220. The lowest BCUT2D eigenvalue weighted by molar-refractivity contribution is -0.125. The SMILES string of the molecule is CC(NC(=O)[C@H]1CNC[C@@H]1c1cnn(C)c1)c1ccc(Br)cc1.Cl. The number of carbonyl (C=O) groups excluding carboxylic acids is 1. The molecule has 1 aliphatic rings. The summed E-state index contributed by atoms with van der Waals surface area (Å²) in [5.41, 5.74) is 2.22. The van der Waals surface area contributed by atoms with Gasteiger partial charge in [0.15, 0.2) is 0 Å². The van der Waals surface area contributed by atoms with Gasteiger partial charge in [0.25, 0.3) is 0 Å². The van der Waals surface area contributed by atoms with Crippen molar-refractivity contribution in [2.45, 2.75) is 18.9 Å². The summed E-state index contributed by atoms with van der Waals surface area (Å²) in [6.45, 7) is 3.54. The molecule has 1 unspecified atom stereocenters. The molecule has 130 valence electrons. The standard InChI is InChI=1S/C17H21BrN4O.ClH/c1-11(12-3-5-14(18)6-4-12)21-17(23)16-9-19-8-15(16)13-7-20-22(2)10-13;/h3-7,10-11,15-16,19H,8-9H2,1-2H3,(H,21,23);1H/t11?,15-,16+;/m1./s1. The molecule has 3 rings (SSSR count). The third-order valence-electron chi connectivity index (χ3n) is 4.43. The summed E-state index contributed by atoms with van der Waals surface area (Å²) < 4.78 is 2.82. The molecule has 1 fully saturated rings. The van der Waals surface area contributed by atoms with Crippen LogP contribution >= 0.6 is 28.3 Å². The minimum Gasteiger partial charge on any atom is -0.349 e. The third kappa shape index (κ3) is 4.18. The zero-order valence-corrected chi connectivity index (χ0v) is 16.1. The van der Waals surface area contributed by atoms with Gasteiger partial charge in [-0.2, -0.15) is 5.10 Å². The first-order valence-corrected chi connectivity index (χ1v) is 8.59. The Labute approximate surface area is 156 Å². The van der Waals surface area contributed by atoms with Crippen LogP contribution in [-0.4, -0.2) is 28.8 Å². The second-order valence-corrected chi connectivity index (χ2v) is 7.02. The van der Waals surface area contributed by atoms with Gasteiger partial charge in [0.05, 0.1) is 18.2 Å². The Kier molecular flexibility index (Phi) is 6.43. The molecule has 1 aromatic heterocycles. The number of hydrogen-bond acceptors (Lipinski definition) is 3. The van der Waals surface area contributed by atoms with E-state index in [-0.39, 0.29) is 36.2 Å². The normalized spacial score (nSPS) is 21.1. The van der Waals surface area contributed by atoms with E-state index >= 15 is 0 Å². The lowest BCUT2D eigenvalue weighted by Gasteiger charge is -2.21. The Hall–Kier alpha value is -1.37. The van der Waals surface area contributed by atoms with E-state index in [0.717, 1.165) is 22.1 Å². The van der Waals surface area contributed by atoms with Gasteiger partial charge in [-0.15, -0.1) is 12.4 Å². The van der Waals surface area contributed by atoms with Gasteiger partial charge in [0, 0.05) is 36.7 Å². The second-order valence-electron chi connectivity index (χ2n) is 6.10. The first-order valence-electron chi connectivity index (χ1n) is 7.79. The van der Waals surface area contributed by atoms with Crippen molar-refractivity contribution in [3.63, 3.8) is 0 Å². The molecule has 24 heavy (non-hydrogen) atoms. The predicted octanol–water partition coefficient (Wildman–Crippen LogP) is 2.78.